The van der Waals surface area contributed by atoms with Crippen molar-refractivity contribution in [3.05, 3.63) is 28.2 Å². The van der Waals surface area contributed by atoms with Crippen molar-refractivity contribution in [3.63, 3.8) is 0 Å². The second-order valence-electron chi connectivity index (χ2n) is 4.31. The van der Waals surface area contributed by atoms with E-state index in [-0.39, 0.29) is 11.7 Å². The number of rotatable bonds is 2. The van der Waals surface area contributed by atoms with Crippen molar-refractivity contribution in [2.45, 2.75) is 13.3 Å². The summed E-state index contributed by atoms with van der Waals surface area (Å²) in [6, 6.07) is 5.69. The molecule has 1 aromatic rings. The van der Waals surface area contributed by atoms with Crippen LogP contribution < -0.4 is 10.2 Å². The zero-order valence-corrected chi connectivity index (χ0v) is 11.8. The molecular weight excluding hydrogens is 296 g/mol. The van der Waals surface area contributed by atoms with E-state index in [1.54, 1.807) is 6.92 Å². The van der Waals surface area contributed by atoms with Crippen LogP contribution >= 0.6 is 15.9 Å². The molecule has 1 fully saturated rings. The maximum Gasteiger partial charge on any atom is 0.221 e. The Balaban J connectivity index is 2.20. The van der Waals surface area contributed by atoms with E-state index in [1.807, 2.05) is 18.2 Å². The first-order valence-corrected chi connectivity index (χ1v) is 6.69. The molecule has 1 amide bonds. The smallest absolute Gasteiger partial charge is 0.221 e. The number of Topliss-reactive ketones (excluding diaryl/α,β-unsaturated/α-hetero) is 1. The average Bonchev–Trinajstić information content (AvgIpc) is 2.53. The number of nitrogens with one attached hydrogen (secondary N) is 1. The SMILES string of the molecule is CC(=O)c1ccc(N2CCNC(=O)CC2)cc1Br. The summed E-state index contributed by atoms with van der Waals surface area (Å²) >= 11 is 3.42. The number of amides is 1. The first kappa shape index (κ1) is 13.1. The van der Waals surface area contributed by atoms with E-state index in [2.05, 4.69) is 26.1 Å². The molecule has 0 atom stereocenters. The van der Waals surface area contributed by atoms with Crippen molar-refractivity contribution < 1.29 is 9.59 Å². The van der Waals surface area contributed by atoms with Crippen molar-refractivity contribution in [2.75, 3.05) is 24.5 Å². The Hall–Kier alpha value is -1.36. The van der Waals surface area contributed by atoms with Gasteiger partial charge in [0.25, 0.3) is 0 Å². The van der Waals surface area contributed by atoms with Crippen LogP contribution in [0, 0.1) is 0 Å². The fourth-order valence-corrected chi connectivity index (χ4v) is 2.66. The Morgan fingerprint density at radius 1 is 1.39 bits per heavy atom. The van der Waals surface area contributed by atoms with Gasteiger partial charge in [0.15, 0.2) is 5.78 Å². The van der Waals surface area contributed by atoms with E-state index < -0.39 is 0 Å². The quantitative estimate of drug-likeness (QED) is 0.850. The number of hydrogen-bond donors (Lipinski definition) is 1. The largest absolute Gasteiger partial charge is 0.369 e. The third-order valence-corrected chi connectivity index (χ3v) is 3.67. The third kappa shape index (κ3) is 2.90. The van der Waals surface area contributed by atoms with E-state index in [0.717, 1.165) is 16.7 Å². The molecule has 0 aromatic heterocycles. The Kier molecular flexibility index (Phi) is 4.01. The van der Waals surface area contributed by atoms with Gasteiger partial charge < -0.3 is 10.2 Å². The van der Waals surface area contributed by atoms with Crippen LogP contribution in [-0.2, 0) is 4.79 Å². The molecule has 1 saturated heterocycles. The maximum absolute atomic E-state index is 11.4. The molecule has 0 aliphatic carbocycles. The van der Waals surface area contributed by atoms with Gasteiger partial charge in [-0.2, -0.15) is 0 Å². The molecule has 18 heavy (non-hydrogen) atoms. The zero-order valence-electron chi connectivity index (χ0n) is 10.2. The first-order valence-electron chi connectivity index (χ1n) is 5.90. The van der Waals surface area contributed by atoms with Crippen LogP contribution in [0.5, 0.6) is 0 Å². The van der Waals surface area contributed by atoms with Gasteiger partial charge in [-0.25, -0.2) is 0 Å². The Morgan fingerprint density at radius 2 is 2.17 bits per heavy atom. The summed E-state index contributed by atoms with van der Waals surface area (Å²) in [5.74, 6) is 0.137. The van der Waals surface area contributed by atoms with Gasteiger partial charge in [-0.3, -0.25) is 9.59 Å². The molecular formula is C13H15BrN2O2. The summed E-state index contributed by atoms with van der Waals surface area (Å²) in [6.07, 6.45) is 0.506. The van der Waals surface area contributed by atoms with Gasteiger partial charge in [-0.1, -0.05) is 0 Å². The van der Waals surface area contributed by atoms with Crippen LogP contribution in [0.3, 0.4) is 0 Å². The molecule has 0 saturated carbocycles. The van der Waals surface area contributed by atoms with Crippen molar-refractivity contribution in [2.24, 2.45) is 0 Å². The summed E-state index contributed by atoms with van der Waals surface area (Å²) in [5.41, 5.74) is 1.71. The van der Waals surface area contributed by atoms with Crippen LogP contribution in [-0.4, -0.2) is 31.3 Å². The highest BCUT2D eigenvalue weighted by molar-refractivity contribution is 9.10. The average molecular weight is 311 g/mol. The molecule has 1 N–H and O–H groups in total. The number of anilines is 1. The summed E-state index contributed by atoms with van der Waals surface area (Å²) in [4.78, 5) is 24.8. The summed E-state index contributed by atoms with van der Waals surface area (Å²) in [6.45, 7) is 3.70. The Labute approximate surface area is 114 Å². The number of carbonyl (C=O) groups excluding carboxylic acids is 2. The minimum atomic E-state index is 0.0427. The van der Waals surface area contributed by atoms with Crippen molar-refractivity contribution in [1.82, 2.24) is 5.32 Å². The third-order valence-electron chi connectivity index (χ3n) is 3.01. The topological polar surface area (TPSA) is 49.4 Å². The minimum absolute atomic E-state index is 0.0427. The Bertz CT molecular complexity index is 488. The van der Waals surface area contributed by atoms with E-state index in [9.17, 15) is 9.59 Å². The maximum atomic E-state index is 11.4. The fourth-order valence-electron chi connectivity index (χ4n) is 2.01. The molecule has 4 nitrogen and oxygen atoms in total. The number of ketones is 1. The lowest BCUT2D eigenvalue weighted by Gasteiger charge is -2.22. The van der Waals surface area contributed by atoms with Gasteiger partial charge in [-0.15, -0.1) is 0 Å². The second-order valence-corrected chi connectivity index (χ2v) is 5.16. The fraction of sp³-hybridized carbons (Fsp3) is 0.385. The van der Waals surface area contributed by atoms with E-state index in [1.165, 1.54) is 0 Å². The molecule has 0 unspecified atom stereocenters. The van der Waals surface area contributed by atoms with Gasteiger partial charge in [0.1, 0.15) is 0 Å². The zero-order chi connectivity index (χ0) is 13.1. The molecule has 2 rings (SSSR count). The molecule has 96 valence electrons. The molecule has 0 spiro atoms. The number of carbonyl (C=O) groups is 2. The van der Waals surface area contributed by atoms with Gasteiger partial charge >= 0.3 is 0 Å². The molecule has 5 heteroatoms. The van der Waals surface area contributed by atoms with Crippen molar-refractivity contribution in [3.8, 4) is 0 Å². The van der Waals surface area contributed by atoms with Gasteiger partial charge in [-0.05, 0) is 41.1 Å². The predicted octanol–water partition coefficient (Wildman–Crippen LogP) is 1.98. The summed E-state index contributed by atoms with van der Waals surface area (Å²) in [7, 11) is 0. The van der Waals surface area contributed by atoms with Crippen LogP contribution in [0.2, 0.25) is 0 Å². The number of hydrogen-bond acceptors (Lipinski definition) is 3. The van der Waals surface area contributed by atoms with Crippen LogP contribution in [0.1, 0.15) is 23.7 Å². The lowest BCUT2D eigenvalue weighted by Crippen LogP contribution is -2.28. The standard InChI is InChI=1S/C13H15BrN2O2/c1-9(17)11-3-2-10(8-12(11)14)16-6-4-13(18)15-5-7-16/h2-3,8H,4-7H2,1H3,(H,15,18). The molecule has 1 aliphatic rings. The van der Waals surface area contributed by atoms with Gasteiger partial charge in [0, 0.05) is 41.8 Å². The highest BCUT2D eigenvalue weighted by atomic mass is 79.9. The molecule has 1 heterocycles. The normalized spacial score (nSPS) is 16.1. The number of halogens is 1. The molecule has 1 aliphatic heterocycles. The molecule has 1 aromatic carbocycles. The van der Waals surface area contributed by atoms with Crippen LogP contribution in [0.4, 0.5) is 5.69 Å². The van der Waals surface area contributed by atoms with Crippen molar-refractivity contribution in [1.29, 1.82) is 0 Å². The van der Waals surface area contributed by atoms with Gasteiger partial charge in [0.2, 0.25) is 5.91 Å². The molecule has 0 radical (unpaired) electrons. The molecule has 0 bridgehead atoms. The second kappa shape index (κ2) is 5.52. The first-order chi connectivity index (χ1) is 8.58. The number of benzene rings is 1. The lowest BCUT2D eigenvalue weighted by atomic mass is 10.1. The van der Waals surface area contributed by atoms with E-state index in [0.29, 0.717) is 25.1 Å². The summed E-state index contributed by atoms with van der Waals surface area (Å²) in [5, 5.41) is 2.84. The summed E-state index contributed by atoms with van der Waals surface area (Å²) < 4.78 is 0.802. The Morgan fingerprint density at radius 3 is 2.83 bits per heavy atom. The number of nitrogens with zero attached hydrogens (tertiary/aromatic N) is 1. The highest BCUT2D eigenvalue weighted by Gasteiger charge is 2.15. The monoisotopic (exact) mass is 310 g/mol. The van der Waals surface area contributed by atoms with E-state index in [4.69, 9.17) is 0 Å². The van der Waals surface area contributed by atoms with Crippen LogP contribution in [0.25, 0.3) is 0 Å². The highest BCUT2D eigenvalue weighted by Crippen LogP contribution is 2.25. The minimum Gasteiger partial charge on any atom is -0.369 e. The van der Waals surface area contributed by atoms with E-state index >= 15 is 0 Å². The predicted molar refractivity (Wildman–Crippen MR) is 74.0 cm³/mol. The van der Waals surface area contributed by atoms with Crippen molar-refractivity contribution >= 4 is 33.3 Å². The van der Waals surface area contributed by atoms with Gasteiger partial charge in [0.05, 0.1) is 0 Å². The lowest BCUT2D eigenvalue weighted by molar-refractivity contribution is -0.120. The van der Waals surface area contributed by atoms with Crippen LogP contribution in [0.15, 0.2) is 22.7 Å².